The molecule has 29 heavy (non-hydrogen) atoms. The molecule has 3 rings (SSSR count). The van der Waals surface area contributed by atoms with E-state index in [0.29, 0.717) is 29.3 Å². The van der Waals surface area contributed by atoms with E-state index in [9.17, 15) is 4.79 Å². The van der Waals surface area contributed by atoms with Crippen molar-refractivity contribution in [3.05, 3.63) is 51.0 Å². The third-order valence-electron chi connectivity index (χ3n) is 4.78. The highest BCUT2D eigenvalue weighted by atomic mass is 79.9. The molecule has 156 valence electrons. The summed E-state index contributed by atoms with van der Waals surface area (Å²) in [5.74, 6) is 1.28. The third-order valence-corrected chi connectivity index (χ3v) is 6.07. The number of hydrogen-bond donors (Lipinski definition) is 0. The highest BCUT2D eigenvalue weighted by Crippen LogP contribution is 2.50. The first-order chi connectivity index (χ1) is 13.7. The molecule has 0 spiro atoms. The van der Waals surface area contributed by atoms with Crippen molar-refractivity contribution in [3.63, 3.8) is 0 Å². The number of fused-ring (bicyclic) bond motifs is 1. The van der Waals surface area contributed by atoms with Gasteiger partial charge in [-0.1, -0.05) is 29.8 Å². The molecule has 7 heteroatoms. The molecular formula is C22H25BrClNO4. The number of methoxy groups -OCH3 is 2. The molecule has 0 N–H and O–H groups in total. The molecule has 1 aliphatic heterocycles. The van der Waals surface area contributed by atoms with Crippen molar-refractivity contribution < 1.29 is 19.0 Å². The fraction of sp³-hybridized carbons (Fsp3) is 0.409. The van der Waals surface area contributed by atoms with Crippen molar-refractivity contribution in [3.8, 4) is 11.5 Å². The van der Waals surface area contributed by atoms with Crippen LogP contribution in [0, 0.1) is 0 Å². The van der Waals surface area contributed by atoms with Crippen molar-refractivity contribution in [1.29, 1.82) is 0 Å². The molecule has 1 amide bonds. The van der Waals surface area contributed by atoms with E-state index in [1.54, 1.807) is 25.2 Å². The molecule has 1 unspecified atom stereocenters. The topological polar surface area (TPSA) is 48.0 Å². The molecule has 0 aromatic heterocycles. The van der Waals surface area contributed by atoms with Crippen LogP contribution < -0.4 is 14.4 Å². The lowest BCUT2D eigenvalue weighted by Crippen LogP contribution is -2.42. The normalized spacial score (nSPS) is 16.2. The monoisotopic (exact) mass is 481 g/mol. The fourth-order valence-electron chi connectivity index (χ4n) is 3.62. The highest BCUT2D eigenvalue weighted by molar-refractivity contribution is 9.10. The first-order valence-electron chi connectivity index (χ1n) is 9.38. The number of ether oxygens (including phenoxy) is 3. The van der Waals surface area contributed by atoms with Crippen LogP contribution in [0.5, 0.6) is 11.5 Å². The maximum Gasteiger partial charge on any atom is 0.415 e. The van der Waals surface area contributed by atoms with Gasteiger partial charge in [-0.15, -0.1) is 0 Å². The Morgan fingerprint density at radius 2 is 1.83 bits per heavy atom. The first-order valence-corrected chi connectivity index (χ1v) is 10.5. The lowest BCUT2D eigenvalue weighted by molar-refractivity contribution is 0.0558. The minimum Gasteiger partial charge on any atom is -0.496 e. The number of halogens is 2. The van der Waals surface area contributed by atoms with Gasteiger partial charge in [-0.05, 0) is 67.2 Å². The lowest BCUT2D eigenvalue weighted by atomic mass is 9.90. The second-order valence-corrected chi connectivity index (χ2v) is 9.08. The van der Waals surface area contributed by atoms with Gasteiger partial charge in [0, 0.05) is 10.0 Å². The average molecular weight is 483 g/mol. The van der Waals surface area contributed by atoms with Crippen LogP contribution in [0.4, 0.5) is 10.5 Å². The van der Waals surface area contributed by atoms with Gasteiger partial charge in [-0.2, -0.15) is 0 Å². The van der Waals surface area contributed by atoms with E-state index >= 15 is 0 Å². The van der Waals surface area contributed by atoms with Gasteiger partial charge >= 0.3 is 6.09 Å². The molecule has 1 atom stereocenters. The number of benzene rings is 2. The zero-order valence-electron chi connectivity index (χ0n) is 17.2. The van der Waals surface area contributed by atoms with Crippen molar-refractivity contribution in [2.75, 3.05) is 19.1 Å². The van der Waals surface area contributed by atoms with E-state index in [-0.39, 0.29) is 6.04 Å². The summed E-state index contributed by atoms with van der Waals surface area (Å²) >= 11 is 10.1. The summed E-state index contributed by atoms with van der Waals surface area (Å²) in [4.78, 5) is 15.0. The van der Waals surface area contributed by atoms with Crippen LogP contribution in [0.25, 0.3) is 0 Å². The molecule has 1 aliphatic rings. The quantitative estimate of drug-likeness (QED) is 0.498. The van der Waals surface area contributed by atoms with Crippen LogP contribution in [0.15, 0.2) is 34.8 Å². The molecule has 1 heterocycles. The predicted molar refractivity (Wildman–Crippen MR) is 118 cm³/mol. The minimum atomic E-state index is -0.646. The van der Waals surface area contributed by atoms with Gasteiger partial charge in [0.05, 0.1) is 31.0 Å². The van der Waals surface area contributed by atoms with Gasteiger partial charge in [-0.3, -0.25) is 4.90 Å². The van der Waals surface area contributed by atoms with E-state index in [0.717, 1.165) is 21.3 Å². The Hall–Kier alpha value is -1.92. The standard InChI is InChI=1S/C22H25BrClNO4/c1-22(2,3)29-21(26)25-16(13-8-6-7-9-17(13)27-4)11-10-14-19(24)15(23)12-18(28-5)20(14)25/h6-9,12,16H,10-11H2,1-5H3. The van der Waals surface area contributed by atoms with Crippen molar-refractivity contribution in [2.45, 2.75) is 45.3 Å². The molecule has 0 aliphatic carbocycles. The molecule has 0 saturated heterocycles. The zero-order chi connectivity index (χ0) is 21.3. The SMILES string of the molecule is COc1ccccc1C1CCc2c(Cl)c(Br)cc(OC)c2N1C(=O)OC(C)(C)C. The van der Waals surface area contributed by atoms with E-state index < -0.39 is 11.7 Å². The Kier molecular flexibility index (Phi) is 6.34. The van der Waals surface area contributed by atoms with E-state index in [1.807, 2.05) is 45.0 Å². The zero-order valence-corrected chi connectivity index (χ0v) is 19.6. The number of rotatable bonds is 3. The number of para-hydroxylation sites is 1. The van der Waals surface area contributed by atoms with E-state index in [1.165, 1.54) is 0 Å². The van der Waals surface area contributed by atoms with E-state index in [4.69, 9.17) is 25.8 Å². The molecular weight excluding hydrogens is 458 g/mol. The summed E-state index contributed by atoms with van der Waals surface area (Å²) in [6, 6.07) is 9.21. The number of carbonyl (C=O) groups excluding carboxylic acids is 1. The lowest BCUT2D eigenvalue weighted by Gasteiger charge is -2.39. The van der Waals surface area contributed by atoms with Crippen LogP contribution in [0.1, 0.15) is 44.4 Å². The van der Waals surface area contributed by atoms with Crippen LogP contribution in [-0.2, 0) is 11.2 Å². The molecule has 0 bridgehead atoms. The van der Waals surface area contributed by atoms with Crippen molar-refractivity contribution >= 4 is 39.3 Å². The molecule has 0 radical (unpaired) electrons. The summed E-state index contributed by atoms with van der Waals surface area (Å²) in [6.07, 6.45) is 0.906. The summed E-state index contributed by atoms with van der Waals surface area (Å²) in [6.45, 7) is 5.54. The van der Waals surface area contributed by atoms with Gasteiger partial charge in [0.2, 0.25) is 0 Å². The summed E-state index contributed by atoms with van der Waals surface area (Å²) in [5.41, 5.74) is 1.76. The van der Waals surface area contributed by atoms with Crippen molar-refractivity contribution in [1.82, 2.24) is 0 Å². The maximum absolute atomic E-state index is 13.4. The molecule has 5 nitrogen and oxygen atoms in total. The van der Waals surface area contributed by atoms with Gasteiger partial charge in [-0.25, -0.2) is 4.79 Å². The van der Waals surface area contributed by atoms with Crippen LogP contribution >= 0.6 is 27.5 Å². The second-order valence-electron chi connectivity index (χ2n) is 7.85. The molecule has 2 aromatic carbocycles. The number of amides is 1. The maximum atomic E-state index is 13.4. The molecule has 0 saturated carbocycles. The average Bonchev–Trinajstić information content (AvgIpc) is 2.68. The number of nitrogens with zero attached hydrogens (tertiary/aromatic N) is 1. The Labute approximate surface area is 185 Å². The number of carbonyl (C=O) groups is 1. The Morgan fingerprint density at radius 3 is 2.45 bits per heavy atom. The van der Waals surface area contributed by atoms with Crippen molar-refractivity contribution in [2.24, 2.45) is 0 Å². The largest absolute Gasteiger partial charge is 0.496 e. The van der Waals surface area contributed by atoms with Gasteiger partial charge in [0.15, 0.2) is 0 Å². The first kappa shape index (κ1) is 21.8. The number of hydrogen-bond acceptors (Lipinski definition) is 4. The third kappa shape index (κ3) is 4.33. The number of anilines is 1. The van der Waals surface area contributed by atoms with Crippen LogP contribution in [0.3, 0.4) is 0 Å². The predicted octanol–water partition coefficient (Wildman–Crippen LogP) is 6.55. The second kappa shape index (κ2) is 8.44. The van der Waals surface area contributed by atoms with Gasteiger partial charge in [0.1, 0.15) is 17.1 Å². The fourth-order valence-corrected chi connectivity index (χ4v) is 4.31. The minimum absolute atomic E-state index is 0.278. The summed E-state index contributed by atoms with van der Waals surface area (Å²) in [5, 5.41) is 0.577. The molecule has 0 fully saturated rings. The summed E-state index contributed by atoms with van der Waals surface area (Å²) in [7, 11) is 3.21. The Morgan fingerprint density at radius 1 is 1.17 bits per heavy atom. The smallest absolute Gasteiger partial charge is 0.415 e. The Bertz CT molecular complexity index is 926. The van der Waals surface area contributed by atoms with Crippen LogP contribution in [0.2, 0.25) is 5.02 Å². The van der Waals surface area contributed by atoms with Gasteiger partial charge < -0.3 is 14.2 Å². The molecule has 2 aromatic rings. The van der Waals surface area contributed by atoms with E-state index in [2.05, 4.69) is 15.9 Å². The summed E-state index contributed by atoms with van der Waals surface area (Å²) < 4.78 is 17.7. The highest BCUT2D eigenvalue weighted by Gasteiger charge is 2.39. The van der Waals surface area contributed by atoms with Gasteiger partial charge in [0.25, 0.3) is 0 Å². The van der Waals surface area contributed by atoms with Crippen LogP contribution in [-0.4, -0.2) is 25.9 Å². The Balaban J connectivity index is 2.22.